The molecule has 2 aliphatic rings. The maximum atomic E-state index is 14.2. The zero-order valence-corrected chi connectivity index (χ0v) is 26.2. The number of aliphatic hydroxyl groups excluding tert-OH is 1. The standard InChI is InChI=1S/C35H44BBrO2/c1-6-19(3)11-12-23-15-25-17-30(37)28-16-24(13-14-26-20(4)9-8-10-22(26)7-2)34(38)29-18-27(21(5)36)33(35(23)39)31(25)32(28)29/h8-10,17-19,21,23-24,35,39H,6-7,11-16,36H2,1-5H3/t19?,21?,23?,24-,35?/m1/s1. The fraction of sp³-hybridized carbons (Fsp3) is 0.514. The first-order valence-corrected chi connectivity index (χ1v) is 16.1. The van der Waals surface area contributed by atoms with Crippen molar-refractivity contribution in [2.75, 3.05) is 0 Å². The Morgan fingerprint density at radius 3 is 2.56 bits per heavy atom. The Morgan fingerprint density at radius 2 is 1.87 bits per heavy atom. The molecular formula is C35H44BBrO2. The van der Waals surface area contributed by atoms with Gasteiger partial charge in [-0.3, -0.25) is 4.79 Å². The van der Waals surface area contributed by atoms with Crippen LogP contribution in [-0.2, 0) is 25.7 Å². The van der Waals surface area contributed by atoms with Gasteiger partial charge in [-0.15, -0.1) is 0 Å². The molecule has 0 radical (unpaired) electrons. The second-order valence-electron chi connectivity index (χ2n) is 12.7. The summed E-state index contributed by atoms with van der Waals surface area (Å²) in [4.78, 5) is 14.2. The number of hydrogen-bond donors (Lipinski definition) is 1. The van der Waals surface area contributed by atoms with E-state index in [1.54, 1.807) is 0 Å². The average molecular weight is 587 g/mol. The molecule has 0 amide bonds. The summed E-state index contributed by atoms with van der Waals surface area (Å²) in [6.45, 7) is 11.2. The van der Waals surface area contributed by atoms with Crippen LogP contribution in [0.2, 0.25) is 0 Å². The van der Waals surface area contributed by atoms with Gasteiger partial charge in [-0.2, -0.15) is 0 Å². The number of halogens is 1. The van der Waals surface area contributed by atoms with Crippen LogP contribution in [0.1, 0.15) is 115 Å². The minimum Gasteiger partial charge on any atom is -0.388 e. The van der Waals surface area contributed by atoms with Crippen molar-refractivity contribution < 1.29 is 9.90 Å². The smallest absolute Gasteiger partial charge is 0.166 e. The molecule has 0 saturated carbocycles. The zero-order chi connectivity index (χ0) is 28.0. The molecule has 3 aromatic rings. The topological polar surface area (TPSA) is 37.3 Å². The summed E-state index contributed by atoms with van der Waals surface area (Å²) in [5.74, 6) is 1.42. The molecule has 0 heterocycles. The zero-order valence-electron chi connectivity index (χ0n) is 24.7. The SMILES string of the molecule is BC(C)c1cc2c3c(c(Br)cc4c3c1C(O)C(CCC(C)CC)C4)C[C@@H](CCc1c(C)cccc1CC)C2=O. The van der Waals surface area contributed by atoms with Gasteiger partial charge in [0.05, 0.1) is 6.10 Å². The molecule has 3 aromatic carbocycles. The number of benzene rings is 3. The number of aryl methyl sites for hydroxylation is 2. The number of Topliss-reactive ketones (excluding diaryl/α,β-unsaturated/α-hetero) is 1. The minimum absolute atomic E-state index is 0.0193. The highest BCUT2D eigenvalue weighted by Gasteiger charge is 2.38. The summed E-state index contributed by atoms with van der Waals surface area (Å²) in [6, 6.07) is 11.1. The monoisotopic (exact) mass is 586 g/mol. The molecule has 0 spiro atoms. The summed E-state index contributed by atoms with van der Waals surface area (Å²) >= 11 is 3.95. The normalized spacial score (nSPS) is 21.8. The van der Waals surface area contributed by atoms with Gasteiger partial charge >= 0.3 is 0 Å². The molecular weight excluding hydrogens is 543 g/mol. The van der Waals surface area contributed by atoms with E-state index in [4.69, 9.17) is 0 Å². The van der Waals surface area contributed by atoms with Crippen LogP contribution in [0.5, 0.6) is 0 Å². The quantitative estimate of drug-likeness (QED) is 0.257. The van der Waals surface area contributed by atoms with E-state index in [2.05, 4.69) is 88.7 Å². The Labute approximate surface area is 244 Å². The highest BCUT2D eigenvalue weighted by atomic mass is 79.9. The van der Waals surface area contributed by atoms with Gasteiger partial charge in [0, 0.05) is 16.0 Å². The van der Waals surface area contributed by atoms with Crippen molar-refractivity contribution in [2.45, 2.75) is 97.9 Å². The maximum absolute atomic E-state index is 14.2. The molecule has 0 saturated heterocycles. The summed E-state index contributed by atoms with van der Waals surface area (Å²) in [7, 11) is 2.20. The van der Waals surface area contributed by atoms with Crippen molar-refractivity contribution in [1.29, 1.82) is 0 Å². The molecule has 4 unspecified atom stereocenters. The van der Waals surface area contributed by atoms with Gasteiger partial charge in [-0.25, -0.2) is 0 Å². The molecule has 2 nitrogen and oxygen atoms in total. The van der Waals surface area contributed by atoms with Crippen LogP contribution >= 0.6 is 15.9 Å². The van der Waals surface area contributed by atoms with Crippen LogP contribution in [0.25, 0.3) is 10.8 Å². The lowest BCUT2D eigenvalue weighted by atomic mass is 9.67. The average Bonchev–Trinajstić information content (AvgIpc) is 2.92. The van der Waals surface area contributed by atoms with E-state index >= 15 is 0 Å². The van der Waals surface area contributed by atoms with Crippen molar-refractivity contribution >= 4 is 40.3 Å². The maximum Gasteiger partial charge on any atom is 0.166 e. The summed E-state index contributed by atoms with van der Waals surface area (Å²) in [5, 5.41) is 14.1. The summed E-state index contributed by atoms with van der Waals surface area (Å²) in [6.07, 6.45) is 7.36. The van der Waals surface area contributed by atoms with Crippen molar-refractivity contribution in [3.63, 3.8) is 0 Å². The molecule has 2 aliphatic carbocycles. The fourth-order valence-electron chi connectivity index (χ4n) is 7.30. The summed E-state index contributed by atoms with van der Waals surface area (Å²) < 4.78 is 1.13. The van der Waals surface area contributed by atoms with E-state index in [1.165, 1.54) is 39.6 Å². The third kappa shape index (κ3) is 5.17. The lowest BCUT2D eigenvalue weighted by Crippen LogP contribution is -2.28. The van der Waals surface area contributed by atoms with E-state index in [0.717, 1.165) is 71.5 Å². The van der Waals surface area contributed by atoms with Crippen molar-refractivity contribution in [2.24, 2.45) is 17.8 Å². The molecule has 0 fully saturated rings. The van der Waals surface area contributed by atoms with Crippen LogP contribution < -0.4 is 0 Å². The van der Waals surface area contributed by atoms with Crippen LogP contribution in [0.3, 0.4) is 0 Å². The molecule has 5 rings (SSSR count). The summed E-state index contributed by atoms with van der Waals surface area (Å²) in [5.41, 5.74) is 9.86. The van der Waals surface area contributed by atoms with Gasteiger partial charge in [-0.1, -0.05) is 74.7 Å². The largest absolute Gasteiger partial charge is 0.388 e. The van der Waals surface area contributed by atoms with Crippen LogP contribution in [0.4, 0.5) is 0 Å². The van der Waals surface area contributed by atoms with Gasteiger partial charge in [0.25, 0.3) is 0 Å². The van der Waals surface area contributed by atoms with Crippen molar-refractivity contribution in [3.8, 4) is 0 Å². The Balaban J connectivity index is 1.56. The van der Waals surface area contributed by atoms with Crippen molar-refractivity contribution in [1.82, 2.24) is 0 Å². The second-order valence-corrected chi connectivity index (χ2v) is 13.6. The number of ketones is 1. The number of hydrogen-bond acceptors (Lipinski definition) is 2. The van der Waals surface area contributed by atoms with Crippen LogP contribution in [0.15, 0.2) is 34.8 Å². The van der Waals surface area contributed by atoms with Gasteiger partial charge in [0.15, 0.2) is 5.78 Å². The Kier molecular flexibility index (Phi) is 8.46. The van der Waals surface area contributed by atoms with Crippen LogP contribution in [0, 0.1) is 24.7 Å². The van der Waals surface area contributed by atoms with Crippen LogP contribution in [-0.4, -0.2) is 18.7 Å². The molecule has 0 aromatic heterocycles. The molecule has 0 aliphatic heterocycles. The van der Waals surface area contributed by atoms with E-state index in [9.17, 15) is 9.90 Å². The van der Waals surface area contributed by atoms with E-state index < -0.39 is 6.10 Å². The Bertz CT molecular complexity index is 1410. The Morgan fingerprint density at radius 1 is 1.10 bits per heavy atom. The van der Waals surface area contributed by atoms with Gasteiger partial charge in [0.1, 0.15) is 7.85 Å². The number of rotatable bonds is 9. The van der Waals surface area contributed by atoms with E-state index in [0.29, 0.717) is 11.7 Å². The van der Waals surface area contributed by atoms with Gasteiger partial charge in [0.2, 0.25) is 0 Å². The molecule has 39 heavy (non-hydrogen) atoms. The van der Waals surface area contributed by atoms with E-state index in [1.807, 2.05) is 0 Å². The predicted octanol–water partition coefficient (Wildman–Crippen LogP) is 8.19. The van der Waals surface area contributed by atoms with Crippen molar-refractivity contribution in [3.05, 3.63) is 79.3 Å². The number of carbonyl (C=O) groups is 1. The predicted molar refractivity (Wildman–Crippen MR) is 170 cm³/mol. The van der Waals surface area contributed by atoms with E-state index in [-0.39, 0.29) is 17.7 Å². The molecule has 1 N–H and O–H groups in total. The third-order valence-electron chi connectivity index (χ3n) is 9.90. The molecule has 5 atom stereocenters. The molecule has 4 heteroatoms. The third-order valence-corrected chi connectivity index (χ3v) is 10.6. The minimum atomic E-state index is -0.469. The fourth-order valence-corrected chi connectivity index (χ4v) is 7.94. The second kappa shape index (κ2) is 11.5. The lowest BCUT2D eigenvalue weighted by Gasteiger charge is -2.37. The first-order chi connectivity index (χ1) is 18.7. The highest BCUT2D eigenvalue weighted by Crippen LogP contribution is 2.50. The first kappa shape index (κ1) is 28.6. The highest BCUT2D eigenvalue weighted by molar-refractivity contribution is 9.10. The Hall–Kier alpha value is -1.91. The van der Waals surface area contributed by atoms with Gasteiger partial charge < -0.3 is 5.11 Å². The van der Waals surface area contributed by atoms with Gasteiger partial charge in [-0.05, 0) is 125 Å². The first-order valence-electron chi connectivity index (χ1n) is 15.3. The molecule has 0 bridgehead atoms. The number of aliphatic hydroxyl groups is 1. The number of carbonyl (C=O) groups excluding carboxylic acids is 1. The molecule has 206 valence electrons. The lowest BCUT2D eigenvalue weighted by molar-refractivity contribution is 0.0904.